The first-order chi connectivity index (χ1) is 19.7. The minimum Gasteiger partial charge on any atom is -0.383 e. The Bertz CT molecular complexity index is 1540. The van der Waals surface area contributed by atoms with Crippen LogP contribution in [-0.2, 0) is 11.8 Å². The van der Waals surface area contributed by atoms with Crippen LogP contribution in [0.3, 0.4) is 0 Å². The highest BCUT2D eigenvalue weighted by Gasteiger charge is 2.24. The fourth-order valence-corrected chi connectivity index (χ4v) is 4.73. The first-order valence-corrected chi connectivity index (χ1v) is 13.1. The van der Waals surface area contributed by atoms with Crippen molar-refractivity contribution in [3.8, 4) is 17.1 Å². The normalized spacial score (nSPS) is 14.9. The van der Waals surface area contributed by atoms with Gasteiger partial charge in [-0.05, 0) is 61.7 Å². The van der Waals surface area contributed by atoms with Crippen LogP contribution in [0.4, 0.5) is 19.4 Å². The highest BCUT2D eigenvalue weighted by atomic mass is 19.1. The number of para-hydroxylation sites is 1. The molecule has 2 aromatic carbocycles. The average molecular weight is 566 g/mol. The number of aryl methyl sites for hydroxylation is 1. The average Bonchev–Trinajstić information content (AvgIpc) is 3.54. The van der Waals surface area contributed by atoms with Crippen LogP contribution in [0.15, 0.2) is 65.5 Å². The number of hydrogen-bond donors (Lipinski definition) is 2. The highest BCUT2D eigenvalue weighted by Crippen LogP contribution is 2.29. The van der Waals surface area contributed by atoms with E-state index in [-0.39, 0.29) is 11.5 Å². The van der Waals surface area contributed by atoms with Gasteiger partial charge in [-0.25, -0.2) is 22.9 Å². The molecule has 1 saturated heterocycles. The molecule has 10 nitrogen and oxygen atoms in total. The van der Waals surface area contributed by atoms with Crippen LogP contribution in [0.25, 0.3) is 17.1 Å². The summed E-state index contributed by atoms with van der Waals surface area (Å²) < 4.78 is 34.1. The molecule has 0 spiro atoms. The van der Waals surface area contributed by atoms with Crippen LogP contribution in [-0.4, -0.2) is 63.8 Å². The smallest absolute Gasteiger partial charge is 0.317 e. The zero-order valence-corrected chi connectivity index (χ0v) is 23.2. The maximum absolute atomic E-state index is 13.1. The number of carbonyl (C=O) groups is 1. The number of nitrogens with zero attached hydrogens (tertiary/aromatic N) is 5. The molecule has 2 amide bonds. The number of carbonyl (C=O) groups excluding carboxylic acids is 1. The first kappa shape index (κ1) is 29.6. The molecule has 216 valence electrons. The summed E-state index contributed by atoms with van der Waals surface area (Å²) in [5.41, 5.74) is 8.37. The summed E-state index contributed by atoms with van der Waals surface area (Å²) in [6, 6.07) is 15.5. The maximum Gasteiger partial charge on any atom is 0.317 e. The Labute approximate surface area is 236 Å². The number of methoxy groups -OCH3 is 1. The molecule has 3 heterocycles. The van der Waals surface area contributed by atoms with Gasteiger partial charge in [0, 0.05) is 44.9 Å². The van der Waals surface area contributed by atoms with E-state index in [1.165, 1.54) is 22.9 Å². The van der Waals surface area contributed by atoms with E-state index in [9.17, 15) is 18.4 Å². The van der Waals surface area contributed by atoms with Crippen molar-refractivity contribution in [3.05, 3.63) is 93.8 Å². The summed E-state index contributed by atoms with van der Waals surface area (Å²) in [4.78, 5) is 25.1. The van der Waals surface area contributed by atoms with Crippen molar-refractivity contribution in [1.29, 1.82) is 0 Å². The Hall–Kier alpha value is -4.42. The predicted molar refractivity (Wildman–Crippen MR) is 152 cm³/mol. The van der Waals surface area contributed by atoms with E-state index in [1.54, 1.807) is 31.8 Å². The molecule has 2 aromatic heterocycles. The molecule has 0 bridgehead atoms. The lowest BCUT2D eigenvalue weighted by atomic mass is 9.98. The third-order valence-corrected chi connectivity index (χ3v) is 6.81. The van der Waals surface area contributed by atoms with Gasteiger partial charge in [-0.1, -0.05) is 18.2 Å². The summed E-state index contributed by atoms with van der Waals surface area (Å²) in [6.45, 7) is 5.20. The number of hydrogen-bond acceptors (Lipinski definition) is 6. The quantitative estimate of drug-likeness (QED) is 0.352. The van der Waals surface area contributed by atoms with Crippen molar-refractivity contribution in [3.63, 3.8) is 0 Å². The summed E-state index contributed by atoms with van der Waals surface area (Å²) in [7, 11) is 3.24. The third-order valence-electron chi connectivity index (χ3n) is 6.81. The number of ether oxygens (including phenoxy) is 1. The maximum atomic E-state index is 13.1. The standard InChI is InChI=1S/C16H16N6O2.C13H17F2NO/c1-10-14(12-8-9-13(23)21(2)19-12)20-22(15(10)18-16(17)24)11-6-4-3-5-7-11;1-17-5-4-16-3-2-10(9-16)11-6-12(14)8-13(15)7-11/h3-9H,1-2H3,(H3,17,18,24);6-8,10H,2-5,9H2,1H3. The van der Waals surface area contributed by atoms with Gasteiger partial charge in [0.05, 0.1) is 12.3 Å². The van der Waals surface area contributed by atoms with Crippen LogP contribution < -0.4 is 16.6 Å². The number of amides is 2. The molecule has 0 aliphatic carbocycles. The van der Waals surface area contributed by atoms with Crippen molar-refractivity contribution in [1.82, 2.24) is 24.5 Å². The Morgan fingerprint density at radius 1 is 1.10 bits per heavy atom. The van der Waals surface area contributed by atoms with Gasteiger partial charge in [0.2, 0.25) is 0 Å². The molecule has 0 radical (unpaired) electrons. The van der Waals surface area contributed by atoms with Crippen molar-refractivity contribution in [2.45, 2.75) is 19.3 Å². The zero-order valence-electron chi connectivity index (χ0n) is 23.2. The highest BCUT2D eigenvalue weighted by molar-refractivity contribution is 5.89. The van der Waals surface area contributed by atoms with Gasteiger partial charge in [0.15, 0.2) is 0 Å². The van der Waals surface area contributed by atoms with Gasteiger partial charge >= 0.3 is 6.03 Å². The van der Waals surface area contributed by atoms with Crippen LogP contribution in [0.1, 0.15) is 23.5 Å². The van der Waals surface area contributed by atoms with E-state index in [0.29, 0.717) is 29.4 Å². The van der Waals surface area contributed by atoms with Gasteiger partial charge in [-0.15, -0.1) is 0 Å². The van der Waals surface area contributed by atoms with Crippen LogP contribution in [0, 0.1) is 18.6 Å². The number of primary amides is 1. The number of nitrogens with one attached hydrogen (secondary N) is 1. The van der Waals surface area contributed by atoms with E-state index in [2.05, 4.69) is 20.4 Å². The molecule has 4 aromatic rings. The monoisotopic (exact) mass is 565 g/mol. The van der Waals surface area contributed by atoms with E-state index in [4.69, 9.17) is 10.5 Å². The molecule has 0 saturated carbocycles. The molecule has 1 aliphatic rings. The van der Waals surface area contributed by atoms with Crippen LogP contribution >= 0.6 is 0 Å². The van der Waals surface area contributed by atoms with Crippen LogP contribution in [0.5, 0.6) is 0 Å². The van der Waals surface area contributed by atoms with Gasteiger partial charge in [0.1, 0.15) is 28.8 Å². The summed E-state index contributed by atoms with van der Waals surface area (Å²) in [5.74, 6) is -0.290. The number of halogens is 2. The van der Waals surface area contributed by atoms with Crippen molar-refractivity contribution >= 4 is 11.8 Å². The lowest BCUT2D eigenvalue weighted by Crippen LogP contribution is -2.24. The second-order valence-corrected chi connectivity index (χ2v) is 9.72. The number of nitrogens with two attached hydrogens (primary N) is 1. The number of rotatable bonds is 7. The second kappa shape index (κ2) is 13.3. The second-order valence-electron chi connectivity index (χ2n) is 9.72. The molecule has 12 heteroatoms. The van der Waals surface area contributed by atoms with E-state index in [1.807, 2.05) is 30.3 Å². The lowest BCUT2D eigenvalue weighted by molar-refractivity contribution is 0.160. The minimum atomic E-state index is -0.685. The Morgan fingerprint density at radius 3 is 2.44 bits per heavy atom. The van der Waals surface area contributed by atoms with Gasteiger partial charge in [0.25, 0.3) is 5.56 Å². The fourth-order valence-electron chi connectivity index (χ4n) is 4.73. The summed E-state index contributed by atoms with van der Waals surface area (Å²) in [5, 5.41) is 11.4. The van der Waals surface area contributed by atoms with Gasteiger partial charge in [-0.2, -0.15) is 10.2 Å². The summed E-state index contributed by atoms with van der Waals surface area (Å²) >= 11 is 0. The van der Waals surface area contributed by atoms with E-state index >= 15 is 0 Å². The van der Waals surface area contributed by atoms with Crippen molar-refractivity contribution in [2.24, 2.45) is 12.8 Å². The third kappa shape index (κ3) is 7.41. The SMILES string of the molecule is COCCN1CCC(c2cc(F)cc(F)c2)C1.Cc1c(-c2ccc(=O)n(C)n2)nn(-c2ccccc2)c1NC(N)=O. The first-order valence-electron chi connectivity index (χ1n) is 13.1. The Kier molecular flexibility index (Phi) is 9.58. The number of likely N-dealkylation sites (tertiary alicyclic amines) is 1. The Morgan fingerprint density at radius 2 is 1.80 bits per heavy atom. The molecule has 3 N–H and O–H groups in total. The minimum absolute atomic E-state index is 0.214. The lowest BCUT2D eigenvalue weighted by Gasteiger charge is -2.15. The van der Waals surface area contributed by atoms with Crippen LogP contribution in [0.2, 0.25) is 0 Å². The molecule has 1 atom stereocenters. The zero-order chi connectivity index (χ0) is 29.5. The number of aromatic nitrogens is 4. The van der Waals surface area contributed by atoms with Gasteiger partial charge in [-0.3, -0.25) is 10.1 Å². The molecule has 1 fully saturated rings. The molecule has 5 rings (SSSR count). The molecule has 1 aliphatic heterocycles. The molecule has 41 heavy (non-hydrogen) atoms. The number of urea groups is 1. The molecular weight excluding hydrogens is 532 g/mol. The van der Waals surface area contributed by atoms with E-state index in [0.717, 1.165) is 43.4 Å². The Balaban J connectivity index is 0.000000201. The topological polar surface area (TPSA) is 120 Å². The fraction of sp³-hybridized carbons (Fsp3) is 0.310. The van der Waals surface area contributed by atoms with Crippen molar-refractivity contribution in [2.75, 3.05) is 38.7 Å². The van der Waals surface area contributed by atoms with Gasteiger partial charge < -0.3 is 15.4 Å². The van der Waals surface area contributed by atoms with E-state index < -0.39 is 17.7 Å². The molecule has 1 unspecified atom stereocenters. The largest absolute Gasteiger partial charge is 0.383 e. The number of anilines is 1. The molecular formula is C29H33F2N7O3. The van der Waals surface area contributed by atoms with Crippen molar-refractivity contribution < 1.29 is 18.3 Å². The number of benzene rings is 2. The summed E-state index contributed by atoms with van der Waals surface area (Å²) in [6.07, 6.45) is 0.951. The predicted octanol–water partition coefficient (Wildman–Crippen LogP) is 3.83.